The number of rotatable bonds is 8. The van der Waals surface area contributed by atoms with E-state index in [9.17, 15) is 9.90 Å². The van der Waals surface area contributed by atoms with Gasteiger partial charge in [0.25, 0.3) is 0 Å². The number of aliphatic carboxylic acids is 1. The molecule has 0 saturated heterocycles. The molecular formula is C28H22Cl2N4O2S. The molecule has 0 fully saturated rings. The van der Waals surface area contributed by atoms with E-state index in [1.165, 1.54) is 0 Å². The van der Waals surface area contributed by atoms with Gasteiger partial charge in [-0.2, -0.15) is 0 Å². The quantitative estimate of drug-likeness (QED) is 0.160. The van der Waals surface area contributed by atoms with Crippen LogP contribution in [0.1, 0.15) is 18.1 Å². The van der Waals surface area contributed by atoms with E-state index in [0.29, 0.717) is 34.1 Å². The zero-order valence-corrected chi connectivity index (χ0v) is 22.1. The fourth-order valence-corrected chi connectivity index (χ4v) is 5.41. The van der Waals surface area contributed by atoms with Gasteiger partial charge in [-0.15, -0.1) is 10.2 Å². The van der Waals surface area contributed by atoms with Crippen LogP contribution in [0.25, 0.3) is 28.4 Å². The van der Waals surface area contributed by atoms with Crippen molar-refractivity contribution < 1.29 is 9.90 Å². The molecule has 2 aromatic heterocycles. The molecule has 5 rings (SSSR count). The Hall–Kier alpha value is -3.52. The van der Waals surface area contributed by atoms with E-state index >= 15 is 0 Å². The summed E-state index contributed by atoms with van der Waals surface area (Å²) in [6, 6.07) is 23.0. The van der Waals surface area contributed by atoms with Crippen LogP contribution >= 0.6 is 35.0 Å². The summed E-state index contributed by atoms with van der Waals surface area (Å²) in [5.74, 6) is -0.375. The van der Waals surface area contributed by atoms with Crippen molar-refractivity contribution >= 4 is 57.9 Å². The van der Waals surface area contributed by atoms with E-state index in [2.05, 4.69) is 14.8 Å². The minimum atomic E-state index is -1.03. The van der Waals surface area contributed by atoms with Crippen LogP contribution in [-0.4, -0.2) is 30.4 Å². The number of fused-ring (bicyclic) bond motifs is 1. The fraction of sp³-hybridized carbons (Fsp3) is 0.107. The number of nitrogens with zero attached hydrogens (tertiary/aromatic N) is 4. The maximum atomic E-state index is 12.3. The van der Waals surface area contributed by atoms with Crippen LogP contribution in [-0.2, 0) is 17.9 Å². The molecular weight excluding hydrogens is 527 g/mol. The van der Waals surface area contributed by atoms with Gasteiger partial charge in [0.1, 0.15) is 4.91 Å². The lowest BCUT2D eigenvalue weighted by molar-refractivity contribution is -0.131. The number of hydrogen-bond donors (Lipinski definition) is 1. The monoisotopic (exact) mass is 548 g/mol. The Labute approximate surface area is 228 Å². The van der Waals surface area contributed by atoms with Crippen molar-refractivity contribution in [2.24, 2.45) is 0 Å². The molecule has 0 saturated carbocycles. The third kappa shape index (κ3) is 5.44. The number of para-hydroxylation sites is 1. The molecule has 1 N–H and O–H groups in total. The van der Waals surface area contributed by atoms with Crippen molar-refractivity contribution in [2.45, 2.75) is 25.2 Å². The van der Waals surface area contributed by atoms with Crippen LogP contribution in [0.4, 0.5) is 0 Å². The second kappa shape index (κ2) is 10.8. The van der Waals surface area contributed by atoms with Gasteiger partial charge in [-0.05, 0) is 72.8 Å². The summed E-state index contributed by atoms with van der Waals surface area (Å²) >= 11 is 13.3. The lowest BCUT2D eigenvalue weighted by atomic mass is 10.1. The normalized spacial score (nSPS) is 11.8. The highest BCUT2D eigenvalue weighted by atomic mass is 35.5. The molecule has 0 unspecified atom stereocenters. The number of carbonyl (C=O) groups is 1. The first-order valence-electron chi connectivity index (χ1n) is 11.6. The molecule has 2 heterocycles. The van der Waals surface area contributed by atoms with E-state index in [1.54, 1.807) is 18.2 Å². The molecule has 186 valence electrons. The molecule has 0 aliphatic carbocycles. The van der Waals surface area contributed by atoms with Crippen molar-refractivity contribution in [1.82, 2.24) is 19.3 Å². The minimum absolute atomic E-state index is 0.149. The first kappa shape index (κ1) is 25.1. The van der Waals surface area contributed by atoms with E-state index in [4.69, 9.17) is 23.2 Å². The van der Waals surface area contributed by atoms with E-state index in [-0.39, 0.29) is 4.91 Å². The Morgan fingerprint density at radius 3 is 2.51 bits per heavy atom. The molecule has 0 bridgehead atoms. The topological polar surface area (TPSA) is 72.9 Å². The molecule has 37 heavy (non-hydrogen) atoms. The zero-order chi connectivity index (χ0) is 25.9. The molecule has 0 atom stereocenters. The molecule has 0 radical (unpaired) electrons. The van der Waals surface area contributed by atoms with Crippen LogP contribution in [0, 0.1) is 0 Å². The van der Waals surface area contributed by atoms with Crippen molar-refractivity contribution in [1.29, 1.82) is 0 Å². The summed E-state index contributed by atoms with van der Waals surface area (Å²) in [5.41, 5.74) is 3.73. The van der Waals surface area contributed by atoms with Gasteiger partial charge in [0.15, 0.2) is 11.0 Å². The number of aromatic nitrogens is 4. The average molecular weight is 549 g/mol. The molecule has 9 heteroatoms. The molecule has 0 spiro atoms. The molecule has 0 aliphatic heterocycles. The Kier molecular flexibility index (Phi) is 7.37. The van der Waals surface area contributed by atoms with E-state index in [1.807, 2.05) is 78.4 Å². The minimum Gasteiger partial charge on any atom is -0.477 e. The lowest BCUT2D eigenvalue weighted by Crippen LogP contribution is -2.02. The van der Waals surface area contributed by atoms with Crippen molar-refractivity contribution in [3.8, 4) is 11.4 Å². The van der Waals surface area contributed by atoms with Crippen molar-refractivity contribution in [2.75, 3.05) is 0 Å². The summed E-state index contributed by atoms with van der Waals surface area (Å²) in [4.78, 5) is 12.5. The number of halogens is 2. The third-order valence-electron chi connectivity index (χ3n) is 5.90. The second-order valence-electron chi connectivity index (χ2n) is 8.33. The van der Waals surface area contributed by atoms with Crippen molar-refractivity contribution in [3.05, 3.63) is 105 Å². The van der Waals surface area contributed by atoms with Gasteiger partial charge in [0, 0.05) is 51.4 Å². The first-order chi connectivity index (χ1) is 17.9. The summed E-state index contributed by atoms with van der Waals surface area (Å²) in [6.45, 7) is 3.17. The SMILES string of the molecule is CCn1c(S/C(=C\c2cn(Cc3cccc(Cl)c3)c3ccccc23)C(=O)O)nnc1-c1ccc(Cl)cc1. The first-order valence-corrected chi connectivity index (χ1v) is 13.1. The molecule has 0 amide bonds. The van der Waals surface area contributed by atoms with Crippen LogP contribution in [0.3, 0.4) is 0 Å². The molecule has 6 nitrogen and oxygen atoms in total. The standard InChI is InChI=1S/C28H22Cl2N4O2S/c1-2-34-26(19-10-12-21(29)13-11-19)31-32-28(34)37-25(27(35)36)15-20-17-33(24-9-4-3-8-23(20)24)16-18-6-5-7-22(30)14-18/h3-15,17H,2,16H2,1H3,(H,35,36)/b25-15-. The number of carboxylic acid groups (broad SMARTS) is 1. The Bertz CT molecular complexity index is 1620. The summed E-state index contributed by atoms with van der Waals surface area (Å²) in [7, 11) is 0. The Balaban J connectivity index is 1.51. The summed E-state index contributed by atoms with van der Waals surface area (Å²) < 4.78 is 4.00. The van der Waals surface area contributed by atoms with Gasteiger partial charge in [-0.1, -0.05) is 53.5 Å². The fourth-order valence-electron chi connectivity index (χ4n) is 4.19. The van der Waals surface area contributed by atoms with Crippen LogP contribution in [0.5, 0.6) is 0 Å². The average Bonchev–Trinajstić information content (AvgIpc) is 3.45. The number of thioether (sulfide) groups is 1. The number of carboxylic acids is 1. The summed E-state index contributed by atoms with van der Waals surface area (Å²) in [5, 5.41) is 21.5. The number of benzene rings is 3. The maximum Gasteiger partial charge on any atom is 0.342 e. The molecule has 3 aromatic carbocycles. The maximum absolute atomic E-state index is 12.3. The molecule has 0 aliphatic rings. The largest absolute Gasteiger partial charge is 0.477 e. The van der Waals surface area contributed by atoms with Gasteiger partial charge in [0.05, 0.1) is 0 Å². The van der Waals surface area contributed by atoms with Crippen molar-refractivity contribution in [3.63, 3.8) is 0 Å². The highest BCUT2D eigenvalue weighted by molar-refractivity contribution is 8.04. The van der Waals surface area contributed by atoms with Gasteiger partial charge < -0.3 is 14.2 Å². The third-order valence-corrected chi connectivity index (χ3v) is 7.38. The second-order valence-corrected chi connectivity index (χ2v) is 10.2. The zero-order valence-electron chi connectivity index (χ0n) is 19.8. The lowest BCUT2D eigenvalue weighted by Gasteiger charge is -2.08. The number of hydrogen-bond acceptors (Lipinski definition) is 4. The Morgan fingerprint density at radius 2 is 1.78 bits per heavy atom. The predicted molar refractivity (Wildman–Crippen MR) is 150 cm³/mol. The van der Waals surface area contributed by atoms with E-state index < -0.39 is 5.97 Å². The smallest absolute Gasteiger partial charge is 0.342 e. The van der Waals surface area contributed by atoms with Gasteiger partial charge >= 0.3 is 5.97 Å². The highest BCUT2D eigenvalue weighted by Crippen LogP contribution is 2.33. The highest BCUT2D eigenvalue weighted by Gasteiger charge is 2.19. The summed E-state index contributed by atoms with van der Waals surface area (Å²) in [6.07, 6.45) is 3.67. The Morgan fingerprint density at radius 1 is 1.00 bits per heavy atom. The molecule has 5 aromatic rings. The van der Waals surface area contributed by atoms with Crippen LogP contribution < -0.4 is 0 Å². The predicted octanol–water partition coefficient (Wildman–Crippen LogP) is 7.49. The van der Waals surface area contributed by atoms with Crippen LogP contribution in [0.2, 0.25) is 10.0 Å². The van der Waals surface area contributed by atoms with Gasteiger partial charge in [-0.25, -0.2) is 4.79 Å². The van der Waals surface area contributed by atoms with E-state index in [0.717, 1.165) is 39.4 Å². The van der Waals surface area contributed by atoms with Gasteiger partial charge in [-0.3, -0.25) is 0 Å². The van der Waals surface area contributed by atoms with Crippen LogP contribution in [0.15, 0.2) is 89.1 Å². The van der Waals surface area contributed by atoms with Gasteiger partial charge in [0.2, 0.25) is 0 Å².